The molecule has 1 aliphatic heterocycles. The maximum atomic E-state index is 4.84. The third kappa shape index (κ3) is 6.86. The predicted octanol–water partition coefficient (Wildman–Crippen LogP) is 4.20. The van der Waals surface area contributed by atoms with Crippen molar-refractivity contribution >= 4 is 41.3 Å². The van der Waals surface area contributed by atoms with E-state index in [1.165, 1.54) is 23.5 Å². The van der Waals surface area contributed by atoms with Gasteiger partial charge in [0.15, 0.2) is 5.96 Å². The van der Waals surface area contributed by atoms with Crippen LogP contribution < -0.4 is 5.32 Å². The van der Waals surface area contributed by atoms with Gasteiger partial charge in [0, 0.05) is 38.0 Å². The lowest BCUT2D eigenvalue weighted by Gasteiger charge is -2.22. The summed E-state index contributed by atoms with van der Waals surface area (Å²) < 4.78 is 0. The zero-order chi connectivity index (χ0) is 16.7. The van der Waals surface area contributed by atoms with Crippen molar-refractivity contribution in [2.45, 2.75) is 53.4 Å². The molecule has 0 aliphatic carbocycles. The number of rotatable bonds is 7. The molecule has 1 aromatic rings. The van der Waals surface area contributed by atoms with E-state index in [9.17, 15) is 0 Å². The lowest BCUT2D eigenvalue weighted by Crippen LogP contribution is -2.40. The first-order chi connectivity index (χ1) is 11.1. The van der Waals surface area contributed by atoms with Crippen molar-refractivity contribution in [1.29, 1.82) is 0 Å². The molecule has 0 radical (unpaired) electrons. The molecule has 2 heterocycles. The van der Waals surface area contributed by atoms with Crippen LogP contribution in [-0.4, -0.2) is 42.0 Å². The molecule has 1 aliphatic rings. The average Bonchev–Trinajstić information content (AvgIpc) is 3.15. The van der Waals surface area contributed by atoms with Crippen LogP contribution in [0.3, 0.4) is 0 Å². The Morgan fingerprint density at radius 3 is 2.88 bits per heavy atom. The van der Waals surface area contributed by atoms with Crippen molar-refractivity contribution in [2.75, 3.05) is 26.2 Å². The Kier molecular flexibility index (Phi) is 10.2. The van der Waals surface area contributed by atoms with E-state index in [-0.39, 0.29) is 24.0 Å². The normalized spacial score (nSPS) is 18.1. The second-order valence-electron chi connectivity index (χ2n) is 6.80. The molecule has 1 aromatic heterocycles. The monoisotopic (exact) mass is 464 g/mol. The number of aromatic nitrogens is 1. The highest BCUT2D eigenvalue weighted by molar-refractivity contribution is 14.0. The quantitative estimate of drug-likeness (QED) is 0.374. The molecule has 24 heavy (non-hydrogen) atoms. The number of aliphatic imine (C=N–C) groups is 1. The highest BCUT2D eigenvalue weighted by Crippen LogP contribution is 2.23. The van der Waals surface area contributed by atoms with Crippen LogP contribution in [0.2, 0.25) is 0 Å². The van der Waals surface area contributed by atoms with E-state index in [1.54, 1.807) is 11.3 Å². The molecule has 1 saturated heterocycles. The van der Waals surface area contributed by atoms with E-state index >= 15 is 0 Å². The van der Waals surface area contributed by atoms with Gasteiger partial charge in [0.1, 0.15) is 0 Å². The van der Waals surface area contributed by atoms with Gasteiger partial charge in [-0.2, -0.15) is 0 Å². The summed E-state index contributed by atoms with van der Waals surface area (Å²) in [7, 11) is 0. The van der Waals surface area contributed by atoms with Crippen molar-refractivity contribution in [3.8, 4) is 0 Å². The van der Waals surface area contributed by atoms with Gasteiger partial charge in [-0.05, 0) is 38.0 Å². The summed E-state index contributed by atoms with van der Waals surface area (Å²) in [5, 5.41) is 6.86. The molecular formula is C18H33IN4S. The molecule has 2 rings (SSSR count). The lowest BCUT2D eigenvalue weighted by molar-refractivity contribution is 0.403. The molecule has 0 bridgehead atoms. The molecule has 6 heteroatoms. The standard InChI is InChI=1S/C18H32N4S.HI/c1-5-17-21-16(13-23-17)7-9-20-18(19-6-2)22-10-8-15(12-22)11-14(3)4;/h13-15H,5-12H2,1-4H3,(H,19,20);1H. The molecule has 138 valence electrons. The smallest absolute Gasteiger partial charge is 0.193 e. The number of hydrogen-bond donors (Lipinski definition) is 1. The van der Waals surface area contributed by atoms with Crippen LogP contribution in [0.5, 0.6) is 0 Å². The Labute approximate surface area is 168 Å². The maximum absolute atomic E-state index is 4.84. The van der Waals surface area contributed by atoms with Crippen LogP contribution in [0, 0.1) is 11.8 Å². The fourth-order valence-electron chi connectivity index (χ4n) is 3.21. The first-order valence-corrected chi connectivity index (χ1v) is 9.96. The SMILES string of the molecule is CCNC(=NCCc1csc(CC)n1)N1CCC(CC(C)C)C1.I. The molecule has 1 unspecified atom stereocenters. The summed E-state index contributed by atoms with van der Waals surface area (Å²) in [6.07, 6.45) is 4.60. The van der Waals surface area contributed by atoms with E-state index < -0.39 is 0 Å². The van der Waals surface area contributed by atoms with Gasteiger partial charge in [0.25, 0.3) is 0 Å². The van der Waals surface area contributed by atoms with Gasteiger partial charge in [-0.15, -0.1) is 35.3 Å². The minimum atomic E-state index is 0. The second kappa shape index (κ2) is 11.3. The number of nitrogens with one attached hydrogen (secondary N) is 1. The Morgan fingerprint density at radius 2 is 2.25 bits per heavy atom. The highest BCUT2D eigenvalue weighted by atomic mass is 127. The van der Waals surface area contributed by atoms with E-state index in [0.717, 1.165) is 56.8 Å². The van der Waals surface area contributed by atoms with Crippen molar-refractivity contribution in [2.24, 2.45) is 16.8 Å². The van der Waals surface area contributed by atoms with Gasteiger partial charge in [-0.1, -0.05) is 20.8 Å². The van der Waals surface area contributed by atoms with Gasteiger partial charge in [0.2, 0.25) is 0 Å². The molecule has 1 N–H and O–H groups in total. The number of hydrogen-bond acceptors (Lipinski definition) is 3. The number of likely N-dealkylation sites (tertiary alicyclic amines) is 1. The predicted molar refractivity (Wildman–Crippen MR) is 116 cm³/mol. The minimum absolute atomic E-state index is 0. The summed E-state index contributed by atoms with van der Waals surface area (Å²) in [6.45, 7) is 13.0. The zero-order valence-corrected chi connectivity index (χ0v) is 18.7. The van der Waals surface area contributed by atoms with E-state index in [4.69, 9.17) is 4.99 Å². The van der Waals surface area contributed by atoms with Gasteiger partial charge >= 0.3 is 0 Å². The highest BCUT2D eigenvalue weighted by Gasteiger charge is 2.25. The summed E-state index contributed by atoms with van der Waals surface area (Å²) in [4.78, 5) is 11.9. The topological polar surface area (TPSA) is 40.5 Å². The summed E-state index contributed by atoms with van der Waals surface area (Å²) in [5.74, 6) is 2.70. The van der Waals surface area contributed by atoms with Crippen LogP contribution in [0.1, 0.15) is 51.2 Å². The third-order valence-corrected chi connectivity index (χ3v) is 5.30. The molecule has 4 nitrogen and oxygen atoms in total. The van der Waals surface area contributed by atoms with E-state index in [1.807, 2.05) is 0 Å². The van der Waals surface area contributed by atoms with Crippen molar-refractivity contribution in [3.05, 3.63) is 16.1 Å². The third-order valence-electron chi connectivity index (χ3n) is 4.26. The maximum Gasteiger partial charge on any atom is 0.193 e. The molecule has 0 amide bonds. The largest absolute Gasteiger partial charge is 0.357 e. The Hall–Kier alpha value is -0.370. The first-order valence-electron chi connectivity index (χ1n) is 9.08. The Bertz CT molecular complexity index is 501. The number of guanidine groups is 1. The molecule has 0 aromatic carbocycles. The van der Waals surface area contributed by atoms with Crippen molar-refractivity contribution < 1.29 is 0 Å². The van der Waals surface area contributed by atoms with E-state index in [2.05, 4.69) is 48.3 Å². The Morgan fingerprint density at radius 1 is 1.46 bits per heavy atom. The van der Waals surface area contributed by atoms with Crippen LogP contribution in [-0.2, 0) is 12.8 Å². The number of thiazole rings is 1. The van der Waals surface area contributed by atoms with Crippen LogP contribution in [0.15, 0.2) is 10.4 Å². The molecule has 1 atom stereocenters. The van der Waals surface area contributed by atoms with Gasteiger partial charge < -0.3 is 10.2 Å². The molecular weight excluding hydrogens is 431 g/mol. The number of halogens is 1. The average molecular weight is 464 g/mol. The minimum Gasteiger partial charge on any atom is -0.357 e. The fourth-order valence-corrected chi connectivity index (χ4v) is 3.99. The van der Waals surface area contributed by atoms with Crippen LogP contribution in [0.25, 0.3) is 0 Å². The zero-order valence-electron chi connectivity index (χ0n) is 15.5. The summed E-state index contributed by atoms with van der Waals surface area (Å²) in [5.41, 5.74) is 1.19. The molecule has 0 saturated carbocycles. The van der Waals surface area contributed by atoms with Crippen LogP contribution >= 0.6 is 35.3 Å². The van der Waals surface area contributed by atoms with Gasteiger partial charge in [0.05, 0.1) is 10.7 Å². The lowest BCUT2D eigenvalue weighted by atomic mass is 9.97. The fraction of sp³-hybridized carbons (Fsp3) is 0.778. The Balaban J connectivity index is 0.00000288. The summed E-state index contributed by atoms with van der Waals surface area (Å²) in [6, 6.07) is 0. The second-order valence-corrected chi connectivity index (χ2v) is 7.74. The number of nitrogens with zero attached hydrogens (tertiary/aromatic N) is 3. The van der Waals surface area contributed by atoms with Crippen molar-refractivity contribution in [1.82, 2.24) is 15.2 Å². The summed E-state index contributed by atoms with van der Waals surface area (Å²) >= 11 is 1.76. The van der Waals surface area contributed by atoms with Crippen LogP contribution in [0.4, 0.5) is 0 Å². The number of aryl methyl sites for hydroxylation is 1. The van der Waals surface area contributed by atoms with Gasteiger partial charge in [-0.25, -0.2) is 4.98 Å². The van der Waals surface area contributed by atoms with Crippen molar-refractivity contribution in [3.63, 3.8) is 0 Å². The first kappa shape index (κ1) is 21.7. The van der Waals surface area contributed by atoms with E-state index in [0.29, 0.717) is 0 Å². The van der Waals surface area contributed by atoms with Gasteiger partial charge in [-0.3, -0.25) is 4.99 Å². The molecule has 1 fully saturated rings. The molecule has 0 spiro atoms.